The zero-order valence-electron chi connectivity index (χ0n) is 17.4. The normalized spacial score (nSPS) is 15.9. The van der Waals surface area contributed by atoms with Crippen LogP contribution in [0.5, 0.6) is 0 Å². The number of hydrogen-bond donors (Lipinski definition) is 0. The summed E-state index contributed by atoms with van der Waals surface area (Å²) in [6.07, 6.45) is 1.65. The van der Waals surface area contributed by atoms with Crippen LogP contribution in [-0.2, 0) is 9.53 Å². The molecule has 5 nitrogen and oxygen atoms in total. The van der Waals surface area contributed by atoms with Crippen molar-refractivity contribution >= 4 is 69.8 Å². The fourth-order valence-electron chi connectivity index (χ4n) is 3.59. The summed E-state index contributed by atoms with van der Waals surface area (Å²) in [6, 6.07) is 9.38. The number of rotatable bonds is 4. The fourth-order valence-corrected chi connectivity index (χ4v) is 5.40. The molecule has 2 heterocycles. The molecule has 0 bridgehead atoms. The molecular weight excluding hydrogens is 526 g/mol. The minimum Gasteiger partial charge on any atom is -0.463 e. The number of allylic oxidation sites excluding steroid dienone is 1. The lowest BCUT2D eigenvalue weighted by Gasteiger charge is -2.25. The Balaban J connectivity index is 2.02. The number of benzene rings is 2. The molecule has 1 aromatic heterocycles. The van der Waals surface area contributed by atoms with Crippen LogP contribution in [0.1, 0.15) is 31.0 Å². The third kappa shape index (κ3) is 4.38. The number of ether oxygens (including phenoxy) is 1. The number of carbonyl (C=O) groups excluding carboxylic acids is 1. The van der Waals surface area contributed by atoms with Crippen LogP contribution in [0.25, 0.3) is 6.08 Å². The van der Waals surface area contributed by atoms with Crippen molar-refractivity contribution in [2.45, 2.75) is 19.9 Å². The number of halogens is 4. The van der Waals surface area contributed by atoms with Crippen molar-refractivity contribution in [2.24, 2.45) is 4.99 Å². The van der Waals surface area contributed by atoms with E-state index in [1.165, 1.54) is 15.9 Å². The number of thiazole rings is 1. The standard InChI is InChI=1S/C23H16Cl4N2O3S/c1-3-32-22(31)17-11(2)28-23-29(20(17)13-7-5-9-15(25)19(13)27)21(30)16(33-23)10-12-6-4-8-14(24)18(12)26/h4-10,20H,3H2,1-2H3/b16-10-/t20-/m1/s1. The molecule has 3 aromatic rings. The summed E-state index contributed by atoms with van der Waals surface area (Å²) in [5, 5.41) is 1.26. The van der Waals surface area contributed by atoms with Gasteiger partial charge in [0.05, 0.1) is 42.5 Å². The van der Waals surface area contributed by atoms with Gasteiger partial charge in [-0.25, -0.2) is 9.79 Å². The summed E-state index contributed by atoms with van der Waals surface area (Å²) in [4.78, 5) is 31.4. The lowest BCUT2D eigenvalue weighted by Crippen LogP contribution is -2.40. The van der Waals surface area contributed by atoms with E-state index < -0.39 is 12.0 Å². The maximum absolute atomic E-state index is 13.6. The Bertz CT molecular complexity index is 1490. The van der Waals surface area contributed by atoms with Gasteiger partial charge < -0.3 is 4.74 Å². The smallest absolute Gasteiger partial charge is 0.338 e. The average Bonchev–Trinajstić information content (AvgIpc) is 3.07. The molecule has 0 saturated carbocycles. The van der Waals surface area contributed by atoms with Gasteiger partial charge in [0, 0.05) is 5.56 Å². The first-order chi connectivity index (χ1) is 15.7. The monoisotopic (exact) mass is 540 g/mol. The Morgan fingerprint density at radius 1 is 1.12 bits per heavy atom. The average molecular weight is 542 g/mol. The van der Waals surface area contributed by atoms with Gasteiger partial charge >= 0.3 is 5.97 Å². The predicted molar refractivity (Wildman–Crippen MR) is 133 cm³/mol. The maximum atomic E-state index is 13.6. The van der Waals surface area contributed by atoms with Crippen LogP contribution in [0.3, 0.4) is 0 Å². The largest absolute Gasteiger partial charge is 0.463 e. The van der Waals surface area contributed by atoms with Crippen molar-refractivity contribution in [1.82, 2.24) is 4.57 Å². The van der Waals surface area contributed by atoms with Gasteiger partial charge in [0.1, 0.15) is 6.04 Å². The Kier molecular flexibility index (Phi) is 7.03. The van der Waals surface area contributed by atoms with Crippen LogP contribution in [0.4, 0.5) is 0 Å². The second-order valence-corrected chi connectivity index (χ2v) is 9.67. The summed E-state index contributed by atoms with van der Waals surface area (Å²) in [5.74, 6) is -0.577. The Morgan fingerprint density at radius 2 is 1.79 bits per heavy atom. The highest BCUT2D eigenvalue weighted by Gasteiger charge is 2.34. The molecule has 1 aliphatic rings. The quantitative estimate of drug-likeness (QED) is 0.415. The van der Waals surface area contributed by atoms with Crippen LogP contribution in [0.2, 0.25) is 20.1 Å². The first kappa shape index (κ1) is 24.0. The summed E-state index contributed by atoms with van der Waals surface area (Å²) >= 11 is 26.4. The van der Waals surface area contributed by atoms with Gasteiger partial charge in [0.2, 0.25) is 0 Å². The van der Waals surface area contributed by atoms with Gasteiger partial charge in [0.15, 0.2) is 4.80 Å². The molecule has 0 fully saturated rings. The summed E-state index contributed by atoms with van der Waals surface area (Å²) < 4.78 is 7.09. The van der Waals surface area contributed by atoms with E-state index >= 15 is 0 Å². The van der Waals surface area contributed by atoms with Crippen LogP contribution < -0.4 is 14.9 Å². The van der Waals surface area contributed by atoms with E-state index in [9.17, 15) is 9.59 Å². The molecular formula is C23H16Cl4N2O3S. The van der Waals surface area contributed by atoms with Gasteiger partial charge in [-0.3, -0.25) is 9.36 Å². The molecule has 10 heteroatoms. The van der Waals surface area contributed by atoms with E-state index in [0.717, 1.165) is 0 Å². The molecule has 2 aromatic carbocycles. The molecule has 0 radical (unpaired) electrons. The lowest BCUT2D eigenvalue weighted by atomic mass is 9.96. The van der Waals surface area contributed by atoms with Crippen molar-refractivity contribution in [3.8, 4) is 0 Å². The molecule has 33 heavy (non-hydrogen) atoms. The third-order valence-electron chi connectivity index (χ3n) is 5.06. The number of carbonyl (C=O) groups is 1. The molecule has 4 rings (SSSR count). The molecule has 0 unspecified atom stereocenters. The summed E-state index contributed by atoms with van der Waals surface area (Å²) in [6.45, 7) is 3.57. The second kappa shape index (κ2) is 9.65. The van der Waals surface area contributed by atoms with Gasteiger partial charge in [-0.2, -0.15) is 0 Å². The number of nitrogens with zero attached hydrogens (tertiary/aromatic N) is 2. The fraction of sp³-hybridized carbons (Fsp3) is 0.174. The van der Waals surface area contributed by atoms with Crippen LogP contribution >= 0.6 is 57.7 Å². The van der Waals surface area contributed by atoms with Crippen LogP contribution in [0.15, 0.2) is 57.5 Å². The molecule has 0 saturated heterocycles. The SMILES string of the molecule is CCOC(=O)C1=C(C)N=c2s/c(=C\c3cccc(Cl)c3Cl)c(=O)n2[C@@H]1c1cccc(Cl)c1Cl. The topological polar surface area (TPSA) is 60.7 Å². The van der Waals surface area contributed by atoms with Crippen molar-refractivity contribution in [1.29, 1.82) is 0 Å². The highest BCUT2D eigenvalue weighted by Crippen LogP contribution is 2.37. The van der Waals surface area contributed by atoms with Crippen molar-refractivity contribution in [2.75, 3.05) is 6.61 Å². The first-order valence-corrected chi connectivity index (χ1v) is 12.1. The molecule has 0 aliphatic carbocycles. The molecule has 170 valence electrons. The summed E-state index contributed by atoms with van der Waals surface area (Å²) in [5.41, 5.74) is 1.39. The van der Waals surface area contributed by atoms with Gasteiger partial charge in [0.25, 0.3) is 5.56 Å². The predicted octanol–water partition coefficient (Wildman–Crippen LogP) is 5.41. The number of aromatic nitrogens is 1. The number of fused-ring (bicyclic) bond motifs is 1. The van der Waals surface area contributed by atoms with E-state index in [4.69, 9.17) is 51.1 Å². The molecule has 0 amide bonds. The minimum absolute atomic E-state index is 0.170. The van der Waals surface area contributed by atoms with E-state index in [2.05, 4.69) is 4.99 Å². The minimum atomic E-state index is -0.858. The van der Waals surface area contributed by atoms with Crippen LogP contribution in [0, 0.1) is 0 Å². The highest BCUT2D eigenvalue weighted by molar-refractivity contribution is 7.07. The van der Waals surface area contributed by atoms with Crippen molar-refractivity contribution < 1.29 is 9.53 Å². The van der Waals surface area contributed by atoms with E-state index in [-0.39, 0.29) is 22.8 Å². The molecule has 1 aliphatic heterocycles. The van der Waals surface area contributed by atoms with Crippen molar-refractivity contribution in [3.63, 3.8) is 0 Å². The number of esters is 1. The van der Waals surface area contributed by atoms with Crippen LogP contribution in [-0.4, -0.2) is 17.1 Å². The zero-order valence-corrected chi connectivity index (χ0v) is 21.2. The first-order valence-electron chi connectivity index (χ1n) is 9.82. The van der Waals surface area contributed by atoms with E-state index in [0.29, 0.717) is 41.2 Å². The zero-order chi connectivity index (χ0) is 23.9. The molecule has 1 atom stereocenters. The maximum Gasteiger partial charge on any atom is 0.338 e. The highest BCUT2D eigenvalue weighted by atomic mass is 35.5. The van der Waals surface area contributed by atoms with E-state index in [1.54, 1.807) is 56.3 Å². The Labute approximate surface area is 213 Å². The second-order valence-electron chi connectivity index (χ2n) is 7.09. The number of hydrogen-bond acceptors (Lipinski definition) is 5. The third-order valence-corrected chi connectivity index (χ3v) is 7.71. The lowest BCUT2D eigenvalue weighted by molar-refractivity contribution is -0.139. The van der Waals surface area contributed by atoms with Crippen molar-refractivity contribution in [3.05, 3.63) is 98.6 Å². The van der Waals surface area contributed by atoms with Gasteiger partial charge in [-0.15, -0.1) is 0 Å². The Morgan fingerprint density at radius 3 is 2.48 bits per heavy atom. The summed E-state index contributed by atoms with van der Waals surface area (Å²) in [7, 11) is 0. The van der Waals surface area contributed by atoms with Gasteiger partial charge in [-0.05, 0) is 37.6 Å². The molecule has 0 N–H and O–H groups in total. The van der Waals surface area contributed by atoms with Gasteiger partial charge in [-0.1, -0.05) is 82.0 Å². The Hall–Kier alpha value is -2.09. The van der Waals surface area contributed by atoms with E-state index in [1.807, 2.05) is 0 Å². The molecule has 0 spiro atoms.